The van der Waals surface area contributed by atoms with E-state index in [1.54, 1.807) is 0 Å². The van der Waals surface area contributed by atoms with E-state index in [1.165, 1.54) is 21.7 Å². The van der Waals surface area contributed by atoms with Gasteiger partial charge in [-0.15, -0.1) is 11.3 Å². The largest absolute Gasteiger partial charge is 0.377 e. The van der Waals surface area contributed by atoms with Crippen LogP contribution in [0, 0.1) is 12.8 Å². The first-order chi connectivity index (χ1) is 9.33. The summed E-state index contributed by atoms with van der Waals surface area (Å²) in [7, 11) is 0. The van der Waals surface area contributed by atoms with E-state index in [9.17, 15) is 0 Å². The van der Waals surface area contributed by atoms with Gasteiger partial charge in [0.15, 0.2) is 0 Å². The lowest BCUT2D eigenvalue weighted by Gasteiger charge is -2.36. The number of nitrogens with one attached hydrogen (secondary N) is 1. The predicted molar refractivity (Wildman–Crippen MR) is 78.7 cm³/mol. The van der Waals surface area contributed by atoms with Crippen molar-refractivity contribution in [1.29, 1.82) is 0 Å². The number of rotatable bonds is 1. The number of thiophene rings is 1. The van der Waals surface area contributed by atoms with Crippen LogP contribution in [0.2, 0.25) is 0 Å². The van der Waals surface area contributed by atoms with Crippen LogP contribution in [0.1, 0.15) is 34.6 Å². The maximum Gasteiger partial charge on any atom is 0.0897 e. The lowest BCUT2D eigenvalue weighted by molar-refractivity contribution is 0.0832. The van der Waals surface area contributed by atoms with Gasteiger partial charge >= 0.3 is 0 Å². The molecular weight excluding hydrogens is 254 g/mol. The van der Waals surface area contributed by atoms with Gasteiger partial charge < -0.3 is 10.1 Å². The molecule has 3 heteroatoms. The molecule has 2 aliphatic rings. The number of ether oxygens (including phenoxy) is 1. The van der Waals surface area contributed by atoms with Crippen molar-refractivity contribution >= 4 is 17.0 Å². The first kappa shape index (κ1) is 11.5. The van der Waals surface area contributed by atoms with Crippen molar-refractivity contribution in [3.8, 4) is 0 Å². The third-order valence-corrected chi connectivity index (χ3v) is 5.20. The normalized spacial score (nSPS) is 28.6. The molecule has 0 amide bonds. The monoisotopic (exact) mass is 271 g/mol. The molecule has 1 aromatic heterocycles. The standard InChI is InChI=1S/C16H17NOS/c1-10-4-5-13-12(9-10)16-11(6-7-18-16)15(17-13)14-3-2-8-19-14/h2-5,8-9,11,15-17H,6-7H2,1H3/t11-,15+,16-/m0/s1. The number of hydrogen-bond donors (Lipinski definition) is 1. The number of hydrogen-bond acceptors (Lipinski definition) is 3. The molecule has 0 spiro atoms. The summed E-state index contributed by atoms with van der Waals surface area (Å²) >= 11 is 1.84. The maximum absolute atomic E-state index is 6.03. The topological polar surface area (TPSA) is 21.3 Å². The van der Waals surface area contributed by atoms with Crippen LogP contribution in [0.3, 0.4) is 0 Å². The third kappa shape index (κ3) is 1.80. The van der Waals surface area contributed by atoms with Crippen LogP contribution in [-0.4, -0.2) is 6.61 Å². The molecule has 1 saturated heterocycles. The highest BCUT2D eigenvalue weighted by atomic mass is 32.1. The van der Waals surface area contributed by atoms with Crippen LogP contribution in [0.15, 0.2) is 35.7 Å². The molecule has 2 nitrogen and oxygen atoms in total. The molecule has 3 atom stereocenters. The van der Waals surface area contributed by atoms with Gasteiger partial charge in [0.1, 0.15) is 0 Å². The summed E-state index contributed by atoms with van der Waals surface area (Å²) in [5.41, 5.74) is 3.90. The summed E-state index contributed by atoms with van der Waals surface area (Å²) in [6.45, 7) is 3.03. The zero-order valence-electron chi connectivity index (χ0n) is 10.9. The van der Waals surface area contributed by atoms with Crippen molar-refractivity contribution in [3.05, 3.63) is 51.7 Å². The number of anilines is 1. The zero-order valence-corrected chi connectivity index (χ0v) is 11.7. The highest BCUT2D eigenvalue weighted by Crippen LogP contribution is 2.50. The summed E-state index contributed by atoms with van der Waals surface area (Å²) in [6.07, 6.45) is 1.41. The Bertz CT molecular complexity index is 593. The molecule has 1 aromatic carbocycles. The highest BCUT2D eigenvalue weighted by Gasteiger charge is 2.41. The lowest BCUT2D eigenvalue weighted by Crippen LogP contribution is -2.28. The van der Waals surface area contributed by atoms with Crippen molar-refractivity contribution in [2.24, 2.45) is 5.92 Å². The van der Waals surface area contributed by atoms with Crippen LogP contribution in [0.4, 0.5) is 5.69 Å². The number of benzene rings is 1. The van der Waals surface area contributed by atoms with E-state index >= 15 is 0 Å². The van der Waals surface area contributed by atoms with Crippen LogP contribution in [0.25, 0.3) is 0 Å². The minimum Gasteiger partial charge on any atom is -0.377 e. The molecule has 1 N–H and O–H groups in total. The van der Waals surface area contributed by atoms with Gasteiger partial charge in [0.05, 0.1) is 12.1 Å². The van der Waals surface area contributed by atoms with Crippen molar-refractivity contribution in [1.82, 2.24) is 0 Å². The van der Waals surface area contributed by atoms with Gasteiger partial charge in [-0.25, -0.2) is 0 Å². The Morgan fingerprint density at radius 3 is 3.11 bits per heavy atom. The first-order valence-corrected chi connectivity index (χ1v) is 7.73. The van der Waals surface area contributed by atoms with E-state index in [4.69, 9.17) is 4.74 Å². The second-order valence-corrected chi connectivity index (χ2v) is 6.45. The fraction of sp³-hybridized carbons (Fsp3) is 0.375. The molecule has 0 radical (unpaired) electrons. The Morgan fingerprint density at radius 1 is 1.32 bits per heavy atom. The van der Waals surface area contributed by atoms with Gasteiger partial charge in [0.25, 0.3) is 0 Å². The molecule has 1 fully saturated rings. The van der Waals surface area contributed by atoms with Crippen molar-refractivity contribution in [3.63, 3.8) is 0 Å². The fourth-order valence-electron chi connectivity index (χ4n) is 3.34. The van der Waals surface area contributed by atoms with Gasteiger partial charge in [-0.1, -0.05) is 23.8 Å². The lowest BCUT2D eigenvalue weighted by atomic mass is 9.83. The molecule has 0 unspecified atom stereocenters. The van der Waals surface area contributed by atoms with Gasteiger partial charge in [-0.05, 0) is 30.9 Å². The molecular formula is C16H17NOS. The van der Waals surface area contributed by atoms with Gasteiger partial charge in [-0.2, -0.15) is 0 Å². The second kappa shape index (κ2) is 4.36. The molecule has 98 valence electrons. The average Bonchev–Trinajstić information content (AvgIpc) is 3.09. The van der Waals surface area contributed by atoms with E-state index in [-0.39, 0.29) is 6.10 Å². The smallest absolute Gasteiger partial charge is 0.0897 e. The Balaban J connectivity index is 1.80. The molecule has 3 heterocycles. The van der Waals surface area contributed by atoms with E-state index in [1.807, 2.05) is 11.3 Å². The summed E-state index contributed by atoms with van der Waals surface area (Å²) in [5, 5.41) is 5.89. The Hall–Kier alpha value is -1.32. The number of aryl methyl sites for hydroxylation is 1. The van der Waals surface area contributed by atoms with Crippen LogP contribution in [-0.2, 0) is 4.74 Å². The van der Waals surface area contributed by atoms with Gasteiger partial charge in [0.2, 0.25) is 0 Å². The van der Waals surface area contributed by atoms with Crippen LogP contribution in [0.5, 0.6) is 0 Å². The molecule has 0 aliphatic carbocycles. The quantitative estimate of drug-likeness (QED) is 0.835. The molecule has 2 aliphatic heterocycles. The average molecular weight is 271 g/mol. The maximum atomic E-state index is 6.03. The molecule has 2 aromatic rings. The van der Waals surface area contributed by atoms with Crippen LogP contribution < -0.4 is 5.32 Å². The van der Waals surface area contributed by atoms with E-state index in [0.29, 0.717) is 12.0 Å². The Labute approximate surface area is 117 Å². The van der Waals surface area contributed by atoms with Crippen molar-refractivity contribution < 1.29 is 4.74 Å². The Kier molecular flexibility index (Phi) is 2.64. The minimum absolute atomic E-state index is 0.267. The van der Waals surface area contributed by atoms with Crippen LogP contribution >= 0.6 is 11.3 Å². The summed E-state index contributed by atoms with van der Waals surface area (Å²) in [5.74, 6) is 0.563. The van der Waals surface area contributed by atoms with Gasteiger partial charge in [0, 0.05) is 28.7 Å². The van der Waals surface area contributed by atoms with E-state index in [2.05, 4.69) is 48.0 Å². The SMILES string of the molecule is Cc1ccc2c(c1)[C@H]1OCC[C@H]1[C@H](c1cccs1)N2. The molecule has 19 heavy (non-hydrogen) atoms. The van der Waals surface area contributed by atoms with Gasteiger partial charge in [-0.3, -0.25) is 0 Å². The summed E-state index contributed by atoms with van der Waals surface area (Å²) in [6, 6.07) is 11.4. The third-order valence-electron chi connectivity index (χ3n) is 4.24. The minimum atomic E-state index is 0.267. The zero-order chi connectivity index (χ0) is 12.8. The number of fused-ring (bicyclic) bond motifs is 3. The fourth-order valence-corrected chi connectivity index (χ4v) is 4.19. The van der Waals surface area contributed by atoms with Crippen molar-refractivity contribution in [2.45, 2.75) is 25.5 Å². The van der Waals surface area contributed by atoms with Crippen molar-refractivity contribution in [2.75, 3.05) is 11.9 Å². The summed E-state index contributed by atoms with van der Waals surface area (Å²) < 4.78 is 6.03. The Morgan fingerprint density at radius 2 is 2.26 bits per heavy atom. The predicted octanol–water partition coefficient (Wildman–Crippen LogP) is 4.30. The highest BCUT2D eigenvalue weighted by molar-refractivity contribution is 7.10. The first-order valence-electron chi connectivity index (χ1n) is 6.85. The molecule has 0 saturated carbocycles. The molecule has 4 rings (SSSR count). The van der Waals surface area contributed by atoms with E-state index in [0.717, 1.165) is 13.0 Å². The second-order valence-electron chi connectivity index (χ2n) is 5.47. The summed E-state index contributed by atoms with van der Waals surface area (Å²) in [4.78, 5) is 1.42. The van der Waals surface area contributed by atoms with E-state index < -0.39 is 0 Å². The molecule has 0 bridgehead atoms.